The van der Waals surface area contributed by atoms with Crippen molar-refractivity contribution in [2.45, 2.75) is 32.6 Å². The maximum absolute atomic E-state index is 12.4. The van der Waals surface area contributed by atoms with Crippen molar-refractivity contribution in [1.82, 2.24) is 10.2 Å². The van der Waals surface area contributed by atoms with E-state index in [2.05, 4.69) is 5.32 Å². The zero-order chi connectivity index (χ0) is 20.8. The Balaban J connectivity index is 1.50. The van der Waals surface area contributed by atoms with E-state index in [1.807, 2.05) is 0 Å². The van der Waals surface area contributed by atoms with Crippen LogP contribution in [0.1, 0.15) is 43.0 Å². The number of anilines is 1. The monoisotopic (exact) mass is 401 g/mol. The third-order valence-electron chi connectivity index (χ3n) is 5.31. The number of nitrogens with one attached hydrogen (secondary N) is 1. The van der Waals surface area contributed by atoms with Crippen molar-refractivity contribution in [3.05, 3.63) is 29.8 Å². The van der Waals surface area contributed by atoms with Gasteiger partial charge in [-0.25, -0.2) is 0 Å². The van der Waals surface area contributed by atoms with E-state index in [0.29, 0.717) is 44.6 Å². The summed E-state index contributed by atoms with van der Waals surface area (Å²) in [6, 6.07) is 6.79. The Labute approximate surface area is 170 Å². The van der Waals surface area contributed by atoms with Crippen LogP contribution in [0.3, 0.4) is 0 Å². The summed E-state index contributed by atoms with van der Waals surface area (Å²) < 4.78 is 5.05. The molecular weight excluding hydrogens is 374 g/mol. The number of carbonyl (C=O) groups excluding carboxylic acids is 4. The van der Waals surface area contributed by atoms with Gasteiger partial charge in [-0.2, -0.15) is 0 Å². The van der Waals surface area contributed by atoms with Gasteiger partial charge in [0.1, 0.15) is 0 Å². The molecule has 3 rings (SSSR count). The molecule has 0 aromatic heterocycles. The first-order chi connectivity index (χ1) is 14.0. The van der Waals surface area contributed by atoms with Gasteiger partial charge in [0.05, 0.1) is 19.1 Å². The molecule has 0 bridgehead atoms. The fourth-order valence-electron chi connectivity index (χ4n) is 3.74. The number of amides is 3. The summed E-state index contributed by atoms with van der Waals surface area (Å²) >= 11 is 0. The van der Waals surface area contributed by atoms with Crippen LogP contribution in [0.4, 0.5) is 5.69 Å². The van der Waals surface area contributed by atoms with Crippen LogP contribution in [0.2, 0.25) is 0 Å². The van der Waals surface area contributed by atoms with Crippen molar-refractivity contribution >= 4 is 29.4 Å². The van der Waals surface area contributed by atoms with Gasteiger partial charge >= 0.3 is 5.97 Å². The van der Waals surface area contributed by atoms with Gasteiger partial charge in [-0.15, -0.1) is 0 Å². The number of nitrogens with zero attached hydrogens (tertiary/aromatic N) is 2. The van der Waals surface area contributed by atoms with Crippen molar-refractivity contribution < 1.29 is 23.9 Å². The number of esters is 1. The fourth-order valence-corrected chi connectivity index (χ4v) is 3.74. The summed E-state index contributed by atoms with van der Waals surface area (Å²) in [7, 11) is 0. The van der Waals surface area contributed by atoms with Crippen molar-refractivity contribution in [2.75, 3.05) is 37.7 Å². The van der Waals surface area contributed by atoms with Gasteiger partial charge in [0.15, 0.2) is 0 Å². The van der Waals surface area contributed by atoms with Crippen molar-refractivity contribution in [3.63, 3.8) is 0 Å². The van der Waals surface area contributed by atoms with E-state index in [1.165, 1.54) is 0 Å². The predicted molar refractivity (Wildman–Crippen MR) is 106 cm³/mol. The molecule has 1 aromatic carbocycles. The zero-order valence-electron chi connectivity index (χ0n) is 16.7. The smallest absolute Gasteiger partial charge is 0.310 e. The highest BCUT2D eigenvalue weighted by Crippen LogP contribution is 2.21. The normalized spacial score (nSPS) is 19.2. The Hall–Kier alpha value is -2.90. The fraction of sp³-hybridized carbons (Fsp3) is 0.524. The summed E-state index contributed by atoms with van der Waals surface area (Å²) in [5.74, 6) is -1.05. The molecule has 0 saturated carbocycles. The number of rotatable bonds is 6. The summed E-state index contributed by atoms with van der Waals surface area (Å²) in [5, 5.41) is 2.64. The molecule has 2 fully saturated rings. The lowest BCUT2D eigenvalue weighted by atomic mass is 9.98. The molecule has 1 atom stereocenters. The average molecular weight is 401 g/mol. The highest BCUT2D eigenvalue weighted by molar-refractivity contribution is 5.98. The molecule has 8 heteroatoms. The summed E-state index contributed by atoms with van der Waals surface area (Å²) in [6.07, 6.45) is 2.84. The van der Waals surface area contributed by atoms with Gasteiger partial charge in [-0.05, 0) is 50.5 Å². The molecule has 29 heavy (non-hydrogen) atoms. The quantitative estimate of drug-likeness (QED) is 0.726. The number of carbonyl (C=O) groups is 4. The van der Waals surface area contributed by atoms with Crippen LogP contribution in [-0.2, 0) is 19.1 Å². The molecule has 1 N–H and O–H groups in total. The Morgan fingerprint density at radius 2 is 1.90 bits per heavy atom. The first-order valence-corrected chi connectivity index (χ1v) is 10.1. The minimum Gasteiger partial charge on any atom is -0.466 e. The zero-order valence-corrected chi connectivity index (χ0v) is 16.7. The third kappa shape index (κ3) is 5.13. The predicted octanol–water partition coefficient (Wildman–Crippen LogP) is 1.34. The van der Waals surface area contributed by atoms with E-state index in [-0.39, 0.29) is 36.2 Å². The van der Waals surface area contributed by atoms with E-state index in [4.69, 9.17) is 4.74 Å². The molecule has 8 nitrogen and oxygen atoms in total. The first-order valence-electron chi connectivity index (χ1n) is 10.1. The van der Waals surface area contributed by atoms with Gasteiger partial charge < -0.3 is 19.9 Å². The molecule has 3 amide bonds. The second-order valence-electron chi connectivity index (χ2n) is 7.31. The highest BCUT2D eigenvalue weighted by Gasteiger charge is 2.29. The lowest BCUT2D eigenvalue weighted by Gasteiger charge is -2.31. The van der Waals surface area contributed by atoms with Gasteiger partial charge in [-0.3, -0.25) is 19.2 Å². The van der Waals surface area contributed by atoms with Gasteiger partial charge in [-0.1, -0.05) is 0 Å². The van der Waals surface area contributed by atoms with Crippen LogP contribution in [0.15, 0.2) is 24.3 Å². The molecule has 0 spiro atoms. The maximum atomic E-state index is 12.4. The Kier molecular flexibility index (Phi) is 6.85. The van der Waals surface area contributed by atoms with Crippen LogP contribution in [0.5, 0.6) is 0 Å². The SMILES string of the molecule is CCOC(=O)C1CCCN(C(=O)CNC(=O)c2ccc(N3CCCC3=O)cc2)C1. The second-order valence-corrected chi connectivity index (χ2v) is 7.31. The molecule has 0 radical (unpaired) electrons. The highest BCUT2D eigenvalue weighted by atomic mass is 16.5. The molecular formula is C21H27N3O5. The minimum atomic E-state index is -0.350. The summed E-state index contributed by atoms with van der Waals surface area (Å²) in [5.41, 5.74) is 1.20. The topological polar surface area (TPSA) is 96.0 Å². The number of piperidine rings is 1. The van der Waals surface area contributed by atoms with Gasteiger partial charge in [0, 0.05) is 37.3 Å². The molecule has 0 aliphatic carbocycles. The molecule has 2 saturated heterocycles. The van der Waals surface area contributed by atoms with Crippen molar-refractivity contribution in [3.8, 4) is 0 Å². The number of benzene rings is 1. The standard InChI is InChI=1S/C21H27N3O5/c1-2-29-21(28)16-5-3-11-23(14-16)19(26)13-22-20(27)15-7-9-17(10-8-15)24-12-4-6-18(24)25/h7-10,16H,2-6,11-14H2,1H3,(H,22,27). The van der Waals surface area contributed by atoms with Gasteiger partial charge in [0.2, 0.25) is 11.8 Å². The molecule has 1 unspecified atom stereocenters. The number of hydrogen-bond donors (Lipinski definition) is 1. The number of ether oxygens (including phenoxy) is 1. The average Bonchev–Trinajstić information content (AvgIpc) is 3.18. The Bertz CT molecular complexity index is 777. The van der Waals surface area contributed by atoms with Crippen LogP contribution in [-0.4, -0.2) is 61.4 Å². The molecule has 2 heterocycles. The maximum Gasteiger partial charge on any atom is 0.310 e. The molecule has 2 aliphatic heterocycles. The molecule has 2 aliphatic rings. The van der Waals surface area contributed by atoms with Crippen LogP contribution >= 0.6 is 0 Å². The second kappa shape index (κ2) is 9.54. The van der Waals surface area contributed by atoms with E-state index >= 15 is 0 Å². The largest absolute Gasteiger partial charge is 0.466 e. The molecule has 1 aromatic rings. The lowest BCUT2D eigenvalue weighted by molar-refractivity contribution is -0.151. The van der Waals surface area contributed by atoms with E-state index in [1.54, 1.807) is 41.0 Å². The van der Waals surface area contributed by atoms with Crippen LogP contribution in [0.25, 0.3) is 0 Å². The molecule has 156 valence electrons. The Morgan fingerprint density at radius 1 is 1.14 bits per heavy atom. The minimum absolute atomic E-state index is 0.0930. The van der Waals surface area contributed by atoms with E-state index < -0.39 is 0 Å². The van der Waals surface area contributed by atoms with E-state index in [9.17, 15) is 19.2 Å². The van der Waals surface area contributed by atoms with Crippen LogP contribution < -0.4 is 10.2 Å². The lowest BCUT2D eigenvalue weighted by Crippen LogP contribution is -2.46. The van der Waals surface area contributed by atoms with Crippen LogP contribution in [0, 0.1) is 5.92 Å². The summed E-state index contributed by atoms with van der Waals surface area (Å²) in [4.78, 5) is 51.8. The van der Waals surface area contributed by atoms with Crippen molar-refractivity contribution in [1.29, 1.82) is 0 Å². The third-order valence-corrected chi connectivity index (χ3v) is 5.31. The Morgan fingerprint density at radius 3 is 2.55 bits per heavy atom. The van der Waals surface area contributed by atoms with Gasteiger partial charge in [0.25, 0.3) is 5.91 Å². The summed E-state index contributed by atoms with van der Waals surface area (Å²) in [6.45, 7) is 3.55. The van der Waals surface area contributed by atoms with Crippen molar-refractivity contribution in [2.24, 2.45) is 5.92 Å². The van der Waals surface area contributed by atoms with E-state index in [0.717, 1.165) is 18.5 Å². The number of hydrogen-bond acceptors (Lipinski definition) is 5. The first kappa shape index (κ1) is 20.8. The number of likely N-dealkylation sites (tertiary alicyclic amines) is 1.